The average Bonchev–Trinajstić information content (AvgIpc) is 2.97. The molecule has 1 atom stereocenters. The summed E-state index contributed by atoms with van der Waals surface area (Å²) in [5.41, 5.74) is 5.58. The lowest BCUT2D eigenvalue weighted by Crippen LogP contribution is -2.23. The molecule has 3 N–H and O–H groups in total. The first-order valence-electron chi connectivity index (χ1n) is 7.94. The zero-order valence-electron chi connectivity index (χ0n) is 14.3. The maximum Gasteiger partial charge on any atom is 0.237 e. The number of nitrogens with one attached hydrogen (secondary N) is 1. The summed E-state index contributed by atoms with van der Waals surface area (Å²) in [6.45, 7) is 4.25. The van der Waals surface area contributed by atoms with Crippen LogP contribution in [0.4, 0.5) is 10.1 Å². The summed E-state index contributed by atoms with van der Waals surface area (Å²) >= 11 is 6.95. The van der Waals surface area contributed by atoms with Gasteiger partial charge in [-0.2, -0.15) is 0 Å². The van der Waals surface area contributed by atoms with Crippen LogP contribution in [0.15, 0.2) is 23.4 Å². The Bertz CT molecular complexity index is 814. The number of nitrogens with two attached hydrogens (primary N) is 1. The van der Waals surface area contributed by atoms with E-state index in [1.165, 1.54) is 30.0 Å². The molecular formula is C16H19ClFN5O2S. The van der Waals surface area contributed by atoms with E-state index in [1.807, 2.05) is 11.5 Å². The van der Waals surface area contributed by atoms with Gasteiger partial charge in [0.1, 0.15) is 11.6 Å². The number of amides is 2. The van der Waals surface area contributed by atoms with Crippen molar-refractivity contribution < 1.29 is 14.0 Å². The number of hydrogen-bond acceptors (Lipinski definition) is 5. The normalized spacial score (nSPS) is 12.0. The minimum absolute atomic E-state index is 0.0621. The zero-order chi connectivity index (χ0) is 19.3. The second kappa shape index (κ2) is 9.00. The van der Waals surface area contributed by atoms with E-state index in [1.54, 1.807) is 6.92 Å². The van der Waals surface area contributed by atoms with E-state index >= 15 is 0 Å². The van der Waals surface area contributed by atoms with Gasteiger partial charge in [-0.1, -0.05) is 23.4 Å². The predicted molar refractivity (Wildman–Crippen MR) is 98.6 cm³/mol. The Morgan fingerprint density at radius 1 is 1.42 bits per heavy atom. The van der Waals surface area contributed by atoms with Crippen molar-refractivity contribution in [2.45, 2.75) is 43.6 Å². The molecule has 1 aromatic heterocycles. The van der Waals surface area contributed by atoms with Gasteiger partial charge in [0, 0.05) is 25.1 Å². The molecule has 2 rings (SSSR count). The summed E-state index contributed by atoms with van der Waals surface area (Å²) in [6, 6.07) is 3.98. The molecule has 0 aliphatic carbocycles. The van der Waals surface area contributed by atoms with Gasteiger partial charge >= 0.3 is 0 Å². The second-order valence-electron chi connectivity index (χ2n) is 5.49. The van der Waals surface area contributed by atoms with Crippen LogP contribution in [0.2, 0.25) is 5.02 Å². The van der Waals surface area contributed by atoms with E-state index < -0.39 is 17.0 Å². The molecule has 1 heterocycles. The second-order valence-corrected chi connectivity index (χ2v) is 7.20. The largest absolute Gasteiger partial charge is 0.370 e. The van der Waals surface area contributed by atoms with Gasteiger partial charge in [0.25, 0.3) is 0 Å². The Balaban J connectivity index is 2.03. The maximum absolute atomic E-state index is 13.2. The van der Waals surface area contributed by atoms with Crippen molar-refractivity contribution in [3.8, 4) is 0 Å². The van der Waals surface area contributed by atoms with Crippen molar-refractivity contribution in [3.63, 3.8) is 0 Å². The summed E-state index contributed by atoms with van der Waals surface area (Å²) in [5, 5.41) is 10.9. The fourth-order valence-electron chi connectivity index (χ4n) is 2.17. The lowest BCUT2D eigenvalue weighted by molar-refractivity contribution is -0.118. The van der Waals surface area contributed by atoms with Crippen molar-refractivity contribution >= 4 is 40.9 Å². The van der Waals surface area contributed by atoms with E-state index in [4.69, 9.17) is 17.3 Å². The minimum Gasteiger partial charge on any atom is -0.370 e. The smallest absolute Gasteiger partial charge is 0.237 e. The van der Waals surface area contributed by atoms with Crippen molar-refractivity contribution in [3.05, 3.63) is 34.9 Å². The number of primary amides is 1. The molecular weight excluding hydrogens is 381 g/mol. The highest BCUT2D eigenvalue weighted by molar-refractivity contribution is 8.00. The van der Waals surface area contributed by atoms with Crippen LogP contribution in [-0.4, -0.2) is 31.8 Å². The van der Waals surface area contributed by atoms with Crippen molar-refractivity contribution in [2.24, 2.45) is 5.73 Å². The number of aromatic nitrogens is 3. The summed E-state index contributed by atoms with van der Waals surface area (Å²) in [6.07, 6.45) is 0.579. The molecule has 2 amide bonds. The van der Waals surface area contributed by atoms with Crippen LogP contribution in [0.3, 0.4) is 0 Å². The topological polar surface area (TPSA) is 103 Å². The molecule has 0 fully saturated rings. The molecule has 0 saturated carbocycles. The minimum atomic E-state index is -0.549. The van der Waals surface area contributed by atoms with Crippen LogP contribution in [0.1, 0.15) is 26.1 Å². The number of rotatable bonds is 8. The van der Waals surface area contributed by atoms with Gasteiger partial charge in [-0.15, -0.1) is 10.2 Å². The number of carbonyl (C=O) groups excluding carboxylic acids is 2. The molecule has 7 nitrogen and oxygen atoms in total. The van der Waals surface area contributed by atoms with Gasteiger partial charge in [-0.05, 0) is 32.0 Å². The predicted octanol–water partition coefficient (Wildman–Crippen LogP) is 2.63. The van der Waals surface area contributed by atoms with Crippen LogP contribution in [0.5, 0.6) is 0 Å². The average molecular weight is 400 g/mol. The van der Waals surface area contributed by atoms with Gasteiger partial charge in [0.15, 0.2) is 5.16 Å². The molecule has 0 spiro atoms. The molecule has 10 heteroatoms. The summed E-state index contributed by atoms with van der Waals surface area (Å²) < 4.78 is 15.0. The molecule has 0 aliphatic rings. The Hall–Kier alpha value is -2.13. The molecule has 0 saturated heterocycles. The Kier molecular flexibility index (Phi) is 6.98. The number of anilines is 1. The monoisotopic (exact) mass is 399 g/mol. The summed E-state index contributed by atoms with van der Waals surface area (Å²) in [7, 11) is 0. The van der Waals surface area contributed by atoms with Gasteiger partial charge in [0.2, 0.25) is 11.8 Å². The standard InChI is InChI=1S/C16H19ClFN5O2S/c1-3-23-14(7-6-13(19)24)21-22-16(23)26-9(2)15(25)20-10-4-5-12(18)11(17)8-10/h4-5,8-9H,3,6-7H2,1-2H3,(H2,19,24)(H,20,25)/t9-/m0/s1. The number of halogens is 2. The number of aryl methyl sites for hydroxylation is 1. The summed E-state index contributed by atoms with van der Waals surface area (Å²) in [4.78, 5) is 23.3. The van der Waals surface area contributed by atoms with Gasteiger partial charge in [0.05, 0.1) is 10.3 Å². The van der Waals surface area contributed by atoms with Crippen LogP contribution >= 0.6 is 23.4 Å². The quantitative estimate of drug-likeness (QED) is 0.664. The third-order valence-corrected chi connectivity index (χ3v) is 4.91. The van der Waals surface area contributed by atoms with Gasteiger partial charge in [-0.3, -0.25) is 9.59 Å². The molecule has 140 valence electrons. The first kappa shape index (κ1) is 20.2. The van der Waals surface area contributed by atoms with Crippen LogP contribution in [-0.2, 0) is 22.6 Å². The molecule has 0 bridgehead atoms. The lowest BCUT2D eigenvalue weighted by atomic mass is 10.3. The van der Waals surface area contributed by atoms with Gasteiger partial charge in [-0.25, -0.2) is 4.39 Å². The van der Waals surface area contributed by atoms with Gasteiger partial charge < -0.3 is 15.6 Å². The molecule has 2 aromatic rings. The fourth-order valence-corrected chi connectivity index (χ4v) is 3.29. The van der Waals surface area contributed by atoms with Crippen molar-refractivity contribution in [1.29, 1.82) is 0 Å². The molecule has 0 aliphatic heterocycles. The van der Waals surface area contributed by atoms with E-state index in [0.29, 0.717) is 29.6 Å². The van der Waals surface area contributed by atoms with Crippen molar-refractivity contribution in [1.82, 2.24) is 14.8 Å². The number of hydrogen-bond donors (Lipinski definition) is 2. The van der Waals surface area contributed by atoms with Crippen molar-refractivity contribution in [2.75, 3.05) is 5.32 Å². The highest BCUT2D eigenvalue weighted by atomic mass is 35.5. The summed E-state index contributed by atoms with van der Waals surface area (Å²) in [5.74, 6) is -0.587. The molecule has 0 radical (unpaired) electrons. The van der Waals surface area contributed by atoms with Crippen LogP contribution < -0.4 is 11.1 Å². The third-order valence-electron chi connectivity index (χ3n) is 3.54. The van der Waals surface area contributed by atoms with E-state index in [2.05, 4.69) is 15.5 Å². The third kappa shape index (κ3) is 5.18. The van der Waals surface area contributed by atoms with E-state index in [-0.39, 0.29) is 17.4 Å². The Morgan fingerprint density at radius 3 is 2.77 bits per heavy atom. The molecule has 26 heavy (non-hydrogen) atoms. The highest BCUT2D eigenvalue weighted by Gasteiger charge is 2.20. The Labute approximate surface area is 159 Å². The van der Waals surface area contributed by atoms with E-state index in [0.717, 1.165) is 0 Å². The Morgan fingerprint density at radius 2 is 2.15 bits per heavy atom. The number of benzene rings is 1. The van der Waals surface area contributed by atoms with E-state index in [9.17, 15) is 14.0 Å². The maximum atomic E-state index is 13.2. The fraction of sp³-hybridized carbons (Fsp3) is 0.375. The SMILES string of the molecule is CCn1c(CCC(N)=O)nnc1S[C@@H](C)C(=O)Nc1ccc(F)c(Cl)c1. The highest BCUT2D eigenvalue weighted by Crippen LogP contribution is 2.25. The number of thioether (sulfide) groups is 1. The number of carbonyl (C=O) groups is 2. The zero-order valence-corrected chi connectivity index (χ0v) is 15.9. The van der Waals surface area contributed by atoms with Crippen LogP contribution in [0, 0.1) is 5.82 Å². The molecule has 1 aromatic carbocycles. The lowest BCUT2D eigenvalue weighted by Gasteiger charge is -2.13. The molecule has 0 unspecified atom stereocenters. The number of nitrogens with zero attached hydrogens (tertiary/aromatic N) is 3. The first-order valence-corrected chi connectivity index (χ1v) is 9.20. The first-order chi connectivity index (χ1) is 12.3. The van der Waals surface area contributed by atoms with Crippen LogP contribution in [0.25, 0.3) is 0 Å².